The van der Waals surface area contributed by atoms with Crippen molar-refractivity contribution >= 4 is 21.8 Å². The first-order valence-electron chi connectivity index (χ1n) is 9.19. The van der Waals surface area contributed by atoms with E-state index in [9.17, 15) is 9.18 Å². The van der Waals surface area contributed by atoms with Crippen molar-refractivity contribution in [2.24, 2.45) is 0 Å². The summed E-state index contributed by atoms with van der Waals surface area (Å²) in [6.07, 6.45) is 0.236. The van der Waals surface area contributed by atoms with E-state index >= 15 is 0 Å². The van der Waals surface area contributed by atoms with Crippen molar-refractivity contribution in [1.29, 1.82) is 0 Å². The maximum Gasteiger partial charge on any atom is 0.224 e. The van der Waals surface area contributed by atoms with Gasteiger partial charge in [0.2, 0.25) is 5.91 Å². The number of nitrogens with one attached hydrogen (secondary N) is 1. The molecular weight excluding hydrogens is 409 g/mol. The number of hydrogen-bond donors (Lipinski definition) is 1. The molecule has 0 saturated carbocycles. The van der Waals surface area contributed by atoms with Crippen molar-refractivity contribution in [2.45, 2.75) is 19.5 Å². The molecule has 1 N–H and O–H groups in total. The lowest BCUT2D eigenvalue weighted by Crippen LogP contribution is -2.43. The molecule has 6 heteroatoms. The van der Waals surface area contributed by atoms with Gasteiger partial charge in [0, 0.05) is 39.3 Å². The van der Waals surface area contributed by atoms with E-state index in [4.69, 9.17) is 0 Å². The average Bonchev–Trinajstić information content (AvgIpc) is 2.65. The van der Waals surface area contributed by atoms with Crippen LogP contribution in [0.4, 0.5) is 4.39 Å². The summed E-state index contributed by atoms with van der Waals surface area (Å²) in [5.74, 6) is -0.394. The molecule has 1 aliphatic rings. The van der Waals surface area contributed by atoms with E-state index in [1.165, 1.54) is 11.6 Å². The Kier molecular flexibility index (Phi) is 6.99. The number of carbonyl (C=O) groups is 1. The molecule has 4 nitrogen and oxygen atoms in total. The Labute approximate surface area is 168 Å². The Morgan fingerprint density at radius 2 is 1.81 bits per heavy atom. The zero-order chi connectivity index (χ0) is 19.2. The van der Waals surface area contributed by atoms with E-state index in [1.807, 2.05) is 12.1 Å². The minimum absolute atomic E-state index is 0.0713. The minimum Gasteiger partial charge on any atom is -0.352 e. The van der Waals surface area contributed by atoms with Crippen LogP contribution in [0.2, 0.25) is 0 Å². The molecule has 0 bridgehead atoms. The first kappa shape index (κ1) is 20.0. The van der Waals surface area contributed by atoms with E-state index in [0.717, 1.165) is 43.9 Å². The average molecular weight is 434 g/mol. The zero-order valence-electron chi connectivity index (χ0n) is 15.5. The van der Waals surface area contributed by atoms with Crippen LogP contribution in [0.15, 0.2) is 46.9 Å². The largest absolute Gasteiger partial charge is 0.352 e. The normalized spacial score (nSPS) is 15.7. The fourth-order valence-corrected chi connectivity index (χ4v) is 3.63. The molecule has 1 aliphatic heterocycles. The monoisotopic (exact) mass is 433 g/mol. The van der Waals surface area contributed by atoms with Gasteiger partial charge < -0.3 is 10.2 Å². The number of halogens is 2. The highest BCUT2D eigenvalue weighted by atomic mass is 79.9. The van der Waals surface area contributed by atoms with Crippen molar-refractivity contribution < 1.29 is 9.18 Å². The van der Waals surface area contributed by atoms with Crippen molar-refractivity contribution in [3.63, 3.8) is 0 Å². The van der Waals surface area contributed by atoms with Crippen molar-refractivity contribution in [3.8, 4) is 0 Å². The molecule has 0 atom stereocenters. The van der Waals surface area contributed by atoms with E-state index < -0.39 is 0 Å². The van der Waals surface area contributed by atoms with Crippen LogP contribution >= 0.6 is 15.9 Å². The second-order valence-corrected chi connectivity index (χ2v) is 7.96. The third-order valence-corrected chi connectivity index (χ3v) is 5.44. The first-order valence-corrected chi connectivity index (χ1v) is 9.98. The summed E-state index contributed by atoms with van der Waals surface area (Å²) in [6.45, 7) is 5.83. The summed E-state index contributed by atoms with van der Waals surface area (Å²) in [7, 11) is 2.16. The van der Waals surface area contributed by atoms with Gasteiger partial charge in [-0.05, 0) is 51.8 Å². The number of rotatable bonds is 6. The molecular formula is C21H25BrFN3O. The molecule has 0 aliphatic carbocycles. The molecule has 1 heterocycles. The molecule has 27 heavy (non-hydrogen) atoms. The summed E-state index contributed by atoms with van der Waals surface area (Å²) >= 11 is 3.15. The highest BCUT2D eigenvalue weighted by molar-refractivity contribution is 9.10. The van der Waals surface area contributed by atoms with Crippen LogP contribution in [0, 0.1) is 5.82 Å². The molecule has 1 fully saturated rings. The van der Waals surface area contributed by atoms with Gasteiger partial charge in [0.05, 0.1) is 10.9 Å². The predicted molar refractivity (Wildman–Crippen MR) is 109 cm³/mol. The predicted octanol–water partition coefficient (Wildman–Crippen LogP) is 3.19. The maximum atomic E-state index is 13.3. The van der Waals surface area contributed by atoms with E-state index in [-0.39, 0.29) is 18.1 Å². The third kappa shape index (κ3) is 6.13. The van der Waals surface area contributed by atoms with Crippen LogP contribution < -0.4 is 5.32 Å². The van der Waals surface area contributed by atoms with Crippen LogP contribution in [-0.2, 0) is 24.3 Å². The Balaban J connectivity index is 1.50. The van der Waals surface area contributed by atoms with E-state index in [2.05, 4.69) is 50.2 Å². The first-order chi connectivity index (χ1) is 13.0. The topological polar surface area (TPSA) is 35.6 Å². The van der Waals surface area contributed by atoms with Crippen LogP contribution in [-0.4, -0.2) is 48.9 Å². The molecule has 0 spiro atoms. The zero-order valence-corrected chi connectivity index (χ0v) is 17.1. The maximum absolute atomic E-state index is 13.3. The van der Waals surface area contributed by atoms with Gasteiger partial charge in [-0.1, -0.05) is 30.3 Å². The Hall–Kier alpha value is -1.76. The van der Waals surface area contributed by atoms with Gasteiger partial charge in [-0.2, -0.15) is 0 Å². The Morgan fingerprint density at radius 3 is 2.56 bits per heavy atom. The molecule has 1 amide bonds. The SMILES string of the molecule is CN1CCN(Cc2cccc(CNC(=O)Cc3ccc(F)c(Br)c3)c2)CC1. The molecule has 3 rings (SSSR count). The van der Waals surface area contributed by atoms with Crippen LogP contribution in [0.25, 0.3) is 0 Å². The van der Waals surface area contributed by atoms with Gasteiger partial charge in [-0.3, -0.25) is 9.69 Å². The minimum atomic E-state index is -0.323. The Morgan fingerprint density at radius 1 is 1.07 bits per heavy atom. The van der Waals surface area contributed by atoms with Crippen LogP contribution in [0.3, 0.4) is 0 Å². The molecule has 0 aromatic heterocycles. The van der Waals surface area contributed by atoms with Crippen molar-refractivity contribution in [3.05, 3.63) is 69.4 Å². The van der Waals surface area contributed by atoms with E-state index in [1.54, 1.807) is 12.1 Å². The smallest absolute Gasteiger partial charge is 0.224 e. The highest BCUT2D eigenvalue weighted by Gasteiger charge is 2.14. The van der Waals surface area contributed by atoms with Crippen molar-refractivity contribution in [2.75, 3.05) is 33.2 Å². The standard InChI is InChI=1S/C21H25BrFN3O/c1-25-7-9-26(10-8-25)15-18-4-2-3-17(11-18)14-24-21(27)13-16-5-6-20(23)19(22)12-16/h2-6,11-12H,7-10,13-15H2,1H3,(H,24,27). The second-order valence-electron chi connectivity index (χ2n) is 7.10. The molecule has 2 aromatic carbocycles. The second kappa shape index (κ2) is 9.44. The summed E-state index contributed by atoms with van der Waals surface area (Å²) in [5.41, 5.74) is 3.15. The Bertz CT molecular complexity index is 791. The molecule has 0 unspecified atom stereocenters. The lowest BCUT2D eigenvalue weighted by Gasteiger charge is -2.32. The number of likely N-dealkylation sites (N-methyl/N-ethyl adjacent to an activating group) is 1. The number of hydrogen-bond acceptors (Lipinski definition) is 3. The lowest BCUT2D eigenvalue weighted by molar-refractivity contribution is -0.120. The van der Waals surface area contributed by atoms with E-state index in [0.29, 0.717) is 11.0 Å². The summed E-state index contributed by atoms with van der Waals surface area (Å²) in [4.78, 5) is 17.0. The van der Waals surface area contributed by atoms with Crippen LogP contribution in [0.5, 0.6) is 0 Å². The summed E-state index contributed by atoms with van der Waals surface area (Å²) in [6, 6.07) is 13.0. The lowest BCUT2D eigenvalue weighted by atomic mass is 10.1. The van der Waals surface area contributed by atoms with Gasteiger partial charge >= 0.3 is 0 Å². The van der Waals surface area contributed by atoms with Gasteiger partial charge in [-0.15, -0.1) is 0 Å². The van der Waals surface area contributed by atoms with Gasteiger partial charge in [0.1, 0.15) is 5.82 Å². The number of carbonyl (C=O) groups excluding carboxylic acids is 1. The number of piperazine rings is 1. The van der Waals surface area contributed by atoms with Gasteiger partial charge in [-0.25, -0.2) is 4.39 Å². The van der Waals surface area contributed by atoms with Gasteiger partial charge in [0.15, 0.2) is 0 Å². The number of benzene rings is 2. The van der Waals surface area contributed by atoms with Crippen LogP contribution in [0.1, 0.15) is 16.7 Å². The van der Waals surface area contributed by atoms with Crippen molar-refractivity contribution in [1.82, 2.24) is 15.1 Å². The fourth-order valence-electron chi connectivity index (χ4n) is 3.20. The summed E-state index contributed by atoms with van der Waals surface area (Å²) in [5, 5.41) is 2.95. The molecule has 144 valence electrons. The fraction of sp³-hybridized carbons (Fsp3) is 0.381. The molecule has 0 radical (unpaired) electrons. The molecule has 2 aromatic rings. The number of amides is 1. The number of nitrogens with zero attached hydrogens (tertiary/aromatic N) is 2. The quantitative estimate of drug-likeness (QED) is 0.759. The third-order valence-electron chi connectivity index (χ3n) is 4.83. The molecule has 1 saturated heterocycles. The van der Waals surface area contributed by atoms with Gasteiger partial charge in [0.25, 0.3) is 0 Å². The highest BCUT2D eigenvalue weighted by Crippen LogP contribution is 2.17. The summed E-state index contributed by atoms with van der Waals surface area (Å²) < 4.78 is 13.7.